The lowest BCUT2D eigenvalue weighted by atomic mass is 9.83. The molecular weight excluding hydrogens is 360 g/mol. The molecule has 4 N–H and O–H groups in total. The molecule has 0 saturated carbocycles. The lowest BCUT2D eigenvalue weighted by Gasteiger charge is -2.40. The average Bonchev–Trinajstić information content (AvgIpc) is 2.91. The van der Waals surface area contributed by atoms with Crippen molar-refractivity contribution in [2.75, 3.05) is 13.1 Å². The summed E-state index contributed by atoms with van der Waals surface area (Å²) in [6, 6.07) is 2.35. The number of unbranched alkanes of at least 4 members (excludes halogenated alkanes) is 1. The maximum Gasteiger partial charge on any atom is 0.327 e. The highest BCUT2D eigenvalue weighted by atomic mass is 16.4. The Balaban J connectivity index is 1.68. The van der Waals surface area contributed by atoms with Gasteiger partial charge in [0, 0.05) is 18.3 Å². The van der Waals surface area contributed by atoms with Crippen LogP contribution in [0.25, 0.3) is 6.08 Å². The number of amides is 2. The van der Waals surface area contributed by atoms with Crippen molar-refractivity contribution in [2.45, 2.75) is 45.2 Å². The van der Waals surface area contributed by atoms with E-state index in [1.165, 1.54) is 11.1 Å². The highest BCUT2D eigenvalue weighted by Gasteiger charge is 2.60. The van der Waals surface area contributed by atoms with Crippen molar-refractivity contribution in [1.82, 2.24) is 15.2 Å². The summed E-state index contributed by atoms with van der Waals surface area (Å²) < 4.78 is 0. The third-order valence-corrected chi connectivity index (χ3v) is 5.42. The number of carboxylic acids is 1. The molecule has 0 aliphatic carbocycles. The molecule has 8 heteroatoms. The summed E-state index contributed by atoms with van der Waals surface area (Å²) in [5.74, 6) is -1.43. The van der Waals surface area contributed by atoms with E-state index >= 15 is 0 Å². The molecule has 2 aliphatic rings. The molecule has 0 bridgehead atoms. The zero-order valence-corrected chi connectivity index (χ0v) is 16.1. The Bertz CT molecular complexity index is 816. The average molecular weight is 386 g/mol. The van der Waals surface area contributed by atoms with Crippen LogP contribution in [-0.2, 0) is 9.59 Å². The van der Waals surface area contributed by atoms with E-state index in [9.17, 15) is 19.5 Å². The lowest BCUT2D eigenvalue weighted by molar-refractivity contribution is -0.154. The number of nitrogens with two attached hydrogens (primary N) is 1. The fourth-order valence-electron chi connectivity index (χ4n) is 3.98. The molecule has 2 atom stereocenters. The first-order valence-corrected chi connectivity index (χ1v) is 9.47. The molecule has 2 saturated heterocycles. The number of hydrogen-bond donors (Lipinski definition) is 3. The van der Waals surface area contributed by atoms with Crippen LogP contribution in [0.1, 0.15) is 49.2 Å². The molecule has 28 heavy (non-hydrogen) atoms. The standard InChI is InChI=1S/C20H26N4O4/c1-20(2)10-15-14(18(26)24(15)16(20)19(27)28)9-13-6-5-12(11-23-13)17(25)22-8-4-3-7-21/h5-6,9,11,15-16H,3-4,7-8,10,21H2,1-2H3,(H,22,25)(H,27,28)/b14-9+/t15?,16-/m0/s1. The number of carboxylic acid groups (broad SMARTS) is 1. The fraction of sp³-hybridized carbons (Fsp3) is 0.500. The number of carbonyl (C=O) groups excluding carboxylic acids is 2. The maximum absolute atomic E-state index is 12.5. The number of pyridine rings is 1. The first-order chi connectivity index (χ1) is 13.3. The van der Waals surface area contributed by atoms with Gasteiger partial charge in [-0.15, -0.1) is 0 Å². The van der Waals surface area contributed by atoms with Gasteiger partial charge < -0.3 is 21.1 Å². The smallest absolute Gasteiger partial charge is 0.327 e. The Hall–Kier alpha value is -2.74. The molecule has 0 radical (unpaired) electrons. The van der Waals surface area contributed by atoms with Crippen LogP contribution in [0.5, 0.6) is 0 Å². The Morgan fingerprint density at radius 2 is 2.14 bits per heavy atom. The summed E-state index contributed by atoms with van der Waals surface area (Å²) in [5.41, 5.74) is 6.53. The van der Waals surface area contributed by atoms with Crippen molar-refractivity contribution in [3.63, 3.8) is 0 Å². The van der Waals surface area contributed by atoms with Crippen LogP contribution in [0.15, 0.2) is 23.9 Å². The second-order valence-corrected chi connectivity index (χ2v) is 7.98. The number of β-lactam (4-membered cyclic amide) rings is 1. The monoisotopic (exact) mass is 386 g/mol. The molecule has 0 spiro atoms. The molecule has 1 aromatic heterocycles. The Morgan fingerprint density at radius 1 is 1.39 bits per heavy atom. The number of carbonyl (C=O) groups is 3. The summed E-state index contributed by atoms with van der Waals surface area (Å²) in [7, 11) is 0. The van der Waals surface area contributed by atoms with Gasteiger partial charge in [-0.2, -0.15) is 0 Å². The van der Waals surface area contributed by atoms with E-state index in [-0.39, 0.29) is 17.9 Å². The first-order valence-electron chi connectivity index (χ1n) is 9.47. The van der Waals surface area contributed by atoms with Crippen LogP contribution < -0.4 is 11.1 Å². The van der Waals surface area contributed by atoms with Crippen LogP contribution in [-0.4, -0.2) is 57.9 Å². The topological polar surface area (TPSA) is 126 Å². The maximum atomic E-state index is 12.5. The zero-order valence-electron chi connectivity index (χ0n) is 16.1. The summed E-state index contributed by atoms with van der Waals surface area (Å²) >= 11 is 0. The van der Waals surface area contributed by atoms with Crippen molar-refractivity contribution in [3.05, 3.63) is 35.2 Å². The zero-order chi connectivity index (χ0) is 20.5. The highest BCUT2D eigenvalue weighted by Crippen LogP contribution is 2.49. The van der Waals surface area contributed by atoms with Crippen molar-refractivity contribution in [3.8, 4) is 0 Å². The predicted octanol–water partition coefficient (Wildman–Crippen LogP) is 1.03. The molecule has 3 heterocycles. The highest BCUT2D eigenvalue weighted by molar-refractivity contribution is 6.08. The van der Waals surface area contributed by atoms with Gasteiger partial charge in [0.1, 0.15) is 6.04 Å². The molecule has 1 aromatic rings. The molecule has 8 nitrogen and oxygen atoms in total. The molecule has 0 aromatic carbocycles. The van der Waals surface area contributed by atoms with E-state index in [2.05, 4.69) is 10.3 Å². The van der Waals surface area contributed by atoms with E-state index in [1.54, 1.807) is 18.2 Å². The number of aliphatic carboxylic acids is 1. The number of aromatic nitrogens is 1. The molecule has 2 fully saturated rings. The van der Waals surface area contributed by atoms with E-state index in [0.717, 1.165) is 12.8 Å². The number of fused-ring (bicyclic) bond motifs is 1. The van der Waals surface area contributed by atoms with Gasteiger partial charge in [-0.1, -0.05) is 13.8 Å². The summed E-state index contributed by atoms with van der Waals surface area (Å²) in [4.78, 5) is 41.8. The van der Waals surface area contributed by atoms with E-state index in [0.29, 0.717) is 36.3 Å². The number of hydrogen-bond acceptors (Lipinski definition) is 5. The van der Waals surface area contributed by atoms with Gasteiger partial charge in [0.2, 0.25) is 0 Å². The summed E-state index contributed by atoms with van der Waals surface area (Å²) in [5, 5.41) is 12.3. The first kappa shape index (κ1) is 20.0. The lowest BCUT2D eigenvalue weighted by Crippen LogP contribution is -2.57. The van der Waals surface area contributed by atoms with Crippen LogP contribution in [0, 0.1) is 5.41 Å². The largest absolute Gasteiger partial charge is 0.480 e. The normalized spacial score (nSPS) is 24.0. The summed E-state index contributed by atoms with van der Waals surface area (Å²) in [6.45, 7) is 4.90. The third kappa shape index (κ3) is 3.64. The molecule has 2 amide bonds. The van der Waals surface area contributed by atoms with Crippen molar-refractivity contribution >= 4 is 23.9 Å². The second-order valence-electron chi connectivity index (χ2n) is 7.98. The van der Waals surface area contributed by atoms with Gasteiger partial charge in [0.05, 0.1) is 17.3 Å². The van der Waals surface area contributed by atoms with Crippen LogP contribution in [0.4, 0.5) is 0 Å². The SMILES string of the molecule is CC1(C)CC2/C(=C\c3ccc(C(=O)NCCCCN)cn3)C(=O)N2[C@H]1C(=O)O. The van der Waals surface area contributed by atoms with Gasteiger partial charge >= 0.3 is 5.97 Å². The summed E-state index contributed by atoms with van der Waals surface area (Å²) in [6.07, 6.45) is 5.45. The minimum atomic E-state index is -0.972. The van der Waals surface area contributed by atoms with Crippen molar-refractivity contribution in [1.29, 1.82) is 0 Å². The Kier molecular flexibility index (Phi) is 5.51. The van der Waals surface area contributed by atoms with Crippen LogP contribution >= 0.6 is 0 Å². The molecule has 2 aliphatic heterocycles. The second kappa shape index (κ2) is 7.71. The van der Waals surface area contributed by atoms with Crippen molar-refractivity contribution in [2.24, 2.45) is 11.1 Å². The quantitative estimate of drug-likeness (QED) is 0.365. The molecule has 1 unspecified atom stereocenters. The molecule has 150 valence electrons. The van der Waals surface area contributed by atoms with E-state index < -0.39 is 17.4 Å². The van der Waals surface area contributed by atoms with E-state index in [4.69, 9.17) is 5.73 Å². The predicted molar refractivity (Wildman–Crippen MR) is 103 cm³/mol. The minimum Gasteiger partial charge on any atom is -0.480 e. The van der Waals surface area contributed by atoms with Crippen LogP contribution in [0.3, 0.4) is 0 Å². The van der Waals surface area contributed by atoms with Crippen molar-refractivity contribution < 1.29 is 19.5 Å². The minimum absolute atomic E-state index is 0.198. The van der Waals surface area contributed by atoms with Crippen LogP contribution in [0.2, 0.25) is 0 Å². The number of nitrogens with zero attached hydrogens (tertiary/aromatic N) is 2. The van der Waals surface area contributed by atoms with Gasteiger partial charge in [-0.25, -0.2) is 4.79 Å². The third-order valence-electron chi connectivity index (χ3n) is 5.42. The fourth-order valence-corrected chi connectivity index (χ4v) is 3.98. The Morgan fingerprint density at radius 3 is 2.75 bits per heavy atom. The van der Waals surface area contributed by atoms with Gasteiger partial charge in [0.25, 0.3) is 11.8 Å². The Labute approximate surface area is 163 Å². The van der Waals surface area contributed by atoms with Gasteiger partial charge in [-0.05, 0) is 49.4 Å². The van der Waals surface area contributed by atoms with E-state index in [1.807, 2.05) is 13.8 Å². The van der Waals surface area contributed by atoms with Gasteiger partial charge in [-0.3, -0.25) is 14.6 Å². The number of rotatable bonds is 7. The number of nitrogens with one attached hydrogen (secondary N) is 1. The van der Waals surface area contributed by atoms with Gasteiger partial charge in [0.15, 0.2) is 0 Å². The molecule has 3 rings (SSSR count). The molecular formula is C20H26N4O4.